The molecule has 0 radical (unpaired) electrons. The van der Waals surface area contributed by atoms with E-state index >= 15 is 0 Å². The van der Waals surface area contributed by atoms with Crippen molar-refractivity contribution in [2.45, 2.75) is 78.7 Å². The number of piperidine rings is 1. The Morgan fingerprint density at radius 2 is 1.32 bits per heavy atom. The van der Waals surface area contributed by atoms with E-state index in [0.29, 0.717) is 58.1 Å². The summed E-state index contributed by atoms with van der Waals surface area (Å²) < 4.78 is 25.4. The van der Waals surface area contributed by atoms with Crippen LogP contribution in [0.25, 0.3) is 11.1 Å². The van der Waals surface area contributed by atoms with Crippen molar-refractivity contribution in [2.75, 3.05) is 20.1 Å². The van der Waals surface area contributed by atoms with Crippen molar-refractivity contribution in [3.8, 4) is 34.1 Å². The predicted octanol–water partition coefficient (Wildman–Crippen LogP) is 10.2. The van der Waals surface area contributed by atoms with Crippen LogP contribution in [0, 0.1) is 13.8 Å². The van der Waals surface area contributed by atoms with E-state index < -0.39 is 12.0 Å². The summed E-state index contributed by atoms with van der Waals surface area (Å²) in [4.78, 5) is 31.2. The number of aliphatic carboxylic acids is 1. The second-order valence-electron chi connectivity index (χ2n) is 16.5. The molecule has 14 heteroatoms. The van der Waals surface area contributed by atoms with Gasteiger partial charge in [-0.25, -0.2) is 0 Å². The molecule has 1 fully saturated rings. The molecular formula is C52H51Cl2N5O7. The number of pyridine rings is 2. The molecule has 6 aromatic rings. The number of benzene rings is 4. The topological polar surface area (TPSA) is 148 Å². The van der Waals surface area contributed by atoms with E-state index in [2.05, 4.69) is 45.9 Å². The van der Waals surface area contributed by atoms with Crippen molar-refractivity contribution in [3.63, 3.8) is 0 Å². The van der Waals surface area contributed by atoms with Gasteiger partial charge in [0.15, 0.2) is 0 Å². The molecule has 0 spiro atoms. The lowest BCUT2D eigenvalue weighted by atomic mass is 9.92. The number of hydrogen-bond donors (Lipinski definition) is 2. The molecule has 4 heterocycles. The van der Waals surface area contributed by atoms with Gasteiger partial charge >= 0.3 is 5.97 Å². The van der Waals surface area contributed by atoms with Crippen LogP contribution in [0.2, 0.25) is 10.0 Å². The van der Waals surface area contributed by atoms with Crippen molar-refractivity contribution < 1.29 is 34.0 Å². The standard InChI is InChI=1S/C52H51Cl2N5O7/c1-32-37(30-65-50-18-48(63-29-36-15-39(24-57-23-36)46-25-58-46)40(16-44(50)53)26-59-13-5-4-12-47(59)52(61)62)8-6-10-42(32)43-11-7-9-38(33(43)2)31-66-51-19-49(41(27-60)17-45(51)54)64-28-35-14-34(20-55-3)21-56-22-35/h6-11,14-24,47,60H,4-5,12-13,25-31H2,1-3H3,(H,61,62)/t47-/m0/s1. The maximum absolute atomic E-state index is 12.2. The number of aliphatic imine (C=N–C) groups is 2. The molecule has 4 aromatic carbocycles. The zero-order valence-electron chi connectivity index (χ0n) is 37.1. The minimum absolute atomic E-state index is 0.228. The summed E-state index contributed by atoms with van der Waals surface area (Å²) in [5, 5.41) is 20.9. The molecule has 0 bridgehead atoms. The number of rotatable bonds is 19. The lowest BCUT2D eigenvalue weighted by Crippen LogP contribution is -2.44. The summed E-state index contributed by atoms with van der Waals surface area (Å²) in [6.07, 6.45) is 11.1. The second-order valence-corrected chi connectivity index (χ2v) is 17.3. The number of carboxylic acid groups (broad SMARTS) is 1. The predicted molar refractivity (Wildman–Crippen MR) is 257 cm³/mol. The van der Waals surface area contributed by atoms with E-state index in [1.807, 2.05) is 53.4 Å². The summed E-state index contributed by atoms with van der Waals surface area (Å²) in [5.41, 5.74) is 12.1. The number of hydrogen-bond acceptors (Lipinski definition) is 11. The molecule has 66 heavy (non-hydrogen) atoms. The third kappa shape index (κ3) is 11.2. The zero-order chi connectivity index (χ0) is 46.2. The smallest absolute Gasteiger partial charge is 0.320 e. The van der Waals surface area contributed by atoms with Crippen LogP contribution in [0.5, 0.6) is 23.0 Å². The van der Waals surface area contributed by atoms with Gasteiger partial charge in [0, 0.05) is 90.1 Å². The normalized spacial score (nSPS) is 14.8. The summed E-state index contributed by atoms with van der Waals surface area (Å²) >= 11 is 13.6. The highest BCUT2D eigenvalue weighted by Crippen LogP contribution is 2.38. The summed E-state index contributed by atoms with van der Waals surface area (Å²) in [6.45, 7) is 6.61. The first kappa shape index (κ1) is 46.2. The number of aliphatic hydroxyl groups excluding tert-OH is 1. The number of carboxylic acids is 1. The number of likely N-dealkylation sites (tertiary alicyclic amines) is 1. The van der Waals surface area contributed by atoms with Crippen molar-refractivity contribution >= 4 is 41.1 Å². The van der Waals surface area contributed by atoms with E-state index in [-0.39, 0.29) is 33.0 Å². The largest absolute Gasteiger partial charge is 0.488 e. The number of halogens is 2. The molecule has 1 atom stereocenters. The van der Waals surface area contributed by atoms with Crippen LogP contribution < -0.4 is 18.9 Å². The second kappa shape index (κ2) is 21.3. The summed E-state index contributed by atoms with van der Waals surface area (Å²) in [7, 11) is 1.70. The maximum Gasteiger partial charge on any atom is 0.320 e. The lowest BCUT2D eigenvalue weighted by Gasteiger charge is -2.33. The van der Waals surface area contributed by atoms with Crippen LogP contribution in [0.3, 0.4) is 0 Å². The fourth-order valence-electron chi connectivity index (χ4n) is 8.22. The SMILES string of the molecule is CN=Cc1cncc(COc2cc(OCc3cccc(-c4cccc(COc5cc(OCc6cncc(C7=NC7)c6)c(CN6CCCC[C@H]6C(=O)O)cc5Cl)c4C)c3C)c(Cl)cc2CO)c1. The Kier molecular flexibility index (Phi) is 14.9. The molecule has 340 valence electrons. The van der Waals surface area contributed by atoms with E-state index in [9.17, 15) is 15.0 Å². The van der Waals surface area contributed by atoms with Crippen molar-refractivity contribution in [2.24, 2.45) is 9.98 Å². The van der Waals surface area contributed by atoms with E-state index in [4.69, 9.17) is 42.1 Å². The van der Waals surface area contributed by atoms with Crippen LogP contribution in [-0.2, 0) is 44.4 Å². The monoisotopic (exact) mass is 927 g/mol. The van der Waals surface area contributed by atoms with Crippen molar-refractivity contribution in [1.82, 2.24) is 14.9 Å². The highest BCUT2D eigenvalue weighted by molar-refractivity contribution is 6.32. The molecule has 0 saturated carbocycles. The third-order valence-corrected chi connectivity index (χ3v) is 12.5. The van der Waals surface area contributed by atoms with Gasteiger partial charge in [-0.2, -0.15) is 0 Å². The first-order valence-corrected chi connectivity index (χ1v) is 22.6. The highest BCUT2D eigenvalue weighted by Gasteiger charge is 2.29. The van der Waals surface area contributed by atoms with Crippen LogP contribution in [0.1, 0.15) is 74.9 Å². The fraction of sp³-hybridized carbons (Fsp3) is 0.288. The van der Waals surface area contributed by atoms with Gasteiger partial charge in [-0.3, -0.25) is 29.6 Å². The lowest BCUT2D eigenvalue weighted by molar-refractivity contribution is -0.144. The van der Waals surface area contributed by atoms with Gasteiger partial charge in [-0.05, 0) is 90.9 Å². The van der Waals surface area contributed by atoms with Gasteiger partial charge in [-0.15, -0.1) is 0 Å². The van der Waals surface area contributed by atoms with Gasteiger partial charge in [0.05, 0.1) is 28.9 Å². The molecular weight excluding hydrogens is 878 g/mol. The fourth-order valence-corrected chi connectivity index (χ4v) is 8.70. The molecule has 0 aliphatic carbocycles. The van der Waals surface area contributed by atoms with Crippen LogP contribution in [0.15, 0.2) is 108 Å². The number of ether oxygens (including phenoxy) is 4. The quantitative estimate of drug-likeness (QED) is 0.0752. The van der Waals surface area contributed by atoms with Gasteiger partial charge in [0.2, 0.25) is 0 Å². The first-order valence-electron chi connectivity index (χ1n) is 21.8. The third-order valence-electron chi connectivity index (χ3n) is 11.9. The Morgan fingerprint density at radius 1 is 0.742 bits per heavy atom. The van der Waals surface area contributed by atoms with Crippen LogP contribution in [0.4, 0.5) is 0 Å². The number of nitrogens with zero attached hydrogens (tertiary/aromatic N) is 5. The molecule has 0 amide bonds. The zero-order valence-corrected chi connectivity index (χ0v) is 38.6. The van der Waals surface area contributed by atoms with E-state index in [0.717, 1.165) is 86.3 Å². The average Bonchev–Trinajstić information content (AvgIpc) is 4.18. The molecule has 0 unspecified atom stereocenters. The van der Waals surface area contributed by atoms with Crippen LogP contribution in [-0.4, -0.2) is 69.2 Å². The molecule has 1 saturated heterocycles. The van der Waals surface area contributed by atoms with Gasteiger partial charge in [-0.1, -0.05) is 66.0 Å². The Balaban J connectivity index is 0.983. The number of carbonyl (C=O) groups is 1. The molecule has 2 aliphatic rings. The van der Waals surface area contributed by atoms with E-state index in [1.54, 1.807) is 50.2 Å². The number of aromatic nitrogens is 2. The van der Waals surface area contributed by atoms with E-state index in [1.165, 1.54) is 0 Å². The Morgan fingerprint density at radius 3 is 1.91 bits per heavy atom. The summed E-state index contributed by atoms with van der Waals surface area (Å²) in [6, 6.07) is 22.7. The minimum atomic E-state index is -0.826. The first-order chi connectivity index (χ1) is 32.1. The number of aliphatic hydroxyl groups is 1. The highest BCUT2D eigenvalue weighted by atomic mass is 35.5. The summed E-state index contributed by atoms with van der Waals surface area (Å²) in [5.74, 6) is 1.08. The molecule has 2 N–H and O–H groups in total. The van der Waals surface area contributed by atoms with Crippen LogP contribution >= 0.6 is 23.2 Å². The Labute approximate surface area is 394 Å². The molecule has 8 rings (SSSR count). The maximum atomic E-state index is 12.2. The van der Waals surface area contributed by atoms with Crippen molar-refractivity contribution in [1.29, 1.82) is 0 Å². The van der Waals surface area contributed by atoms with Gasteiger partial charge in [0.25, 0.3) is 0 Å². The Hall–Kier alpha value is -6.31. The van der Waals surface area contributed by atoms with Crippen molar-refractivity contribution in [3.05, 3.63) is 163 Å². The molecule has 2 aliphatic heterocycles. The molecule has 2 aromatic heterocycles. The Bertz CT molecular complexity index is 2800. The molecule has 12 nitrogen and oxygen atoms in total. The minimum Gasteiger partial charge on any atom is -0.488 e. The average molecular weight is 929 g/mol. The van der Waals surface area contributed by atoms with Gasteiger partial charge in [0.1, 0.15) is 55.5 Å². The van der Waals surface area contributed by atoms with Gasteiger partial charge < -0.3 is 29.2 Å².